The van der Waals surface area contributed by atoms with Gasteiger partial charge in [-0.15, -0.1) is 0 Å². The first-order valence-corrected chi connectivity index (χ1v) is 8.99. The van der Waals surface area contributed by atoms with Gasteiger partial charge in [-0.3, -0.25) is 9.59 Å². The van der Waals surface area contributed by atoms with Crippen molar-refractivity contribution in [3.8, 4) is 11.3 Å². The van der Waals surface area contributed by atoms with Crippen LogP contribution in [-0.4, -0.2) is 38.6 Å². The molecular formula is C18H21N3O2S. The number of hydrogen-bond acceptors (Lipinski definition) is 4. The molecule has 0 radical (unpaired) electrons. The van der Waals surface area contributed by atoms with Crippen LogP contribution < -0.4 is 5.56 Å². The molecule has 5 nitrogen and oxygen atoms in total. The van der Waals surface area contributed by atoms with E-state index in [1.54, 1.807) is 6.92 Å². The molecule has 6 heteroatoms. The average Bonchev–Trinajstić information content (AvgIpc) is 2.92. The maximum Gasteiger partial charge on any atom is 0.255 e. The van der Waals surface area contributed by atoms with Crippen LogP contribution in [0.4, 0.5) is 0 Å². The number of nitrogens with one attached hydrogen (secondary N) is 1. The minimum atomic E-state index is -0.179. The second-order valence-corrected chi connectivity index (χ2v) is 7.42. The lowest BCUT2D eigenvalue weighted by Gasteiger charge is -2.20. The van der Waals surface area contributed by atoms with Crippen molar-refractivity contribution >= 4 is 17.7 Å². The highest BCUT2D eigenvalue weighted by Crippen LogP contribution is 2.30. The molecule has 1 N–H and O–H groups in total. The zero-order valence-electron chi connectivity index (χ0n) is 14.1. The molecule has 2 aromatic rings. The van der Waals surface area contributed by atoms with E-state index in [2.05, 4.69) is 9.97 Å². The Labute approximate surface area is 145 Å². The van der Waals surface area contributed by atoms with Crippen LogP contribution in [0.2, 0.25) is 0 Å². The highest BCUT2D eigenvalue weighted by atomic mass is 32.2. The molecule has 0 bridgehead atoms. The number of benzene rings is 1. The van der Waals surface area contributed by atoms with Crippen LogP contribution in [0.1, 0.15) is 25.8 Å². The van der Waals surface area contributed by atoms with Crippen molar-refractivity contribution in [1.29, 1.82) is 0 Å². The maximum absolute atomic E-state index is 12.4. The second kappa shape index (κ2) is 6.81. The van der Waals surface area contributed by atoms with Gasteiger partial charge in [0, 0.05) is 23.7 Å². The normalized spacial score (nSPS) is 17.8. The first kappa shape index (κ1) is 16.8. The van der Waals surface area contributed by atoms with Crippen LogP contribution in [0.5, 0.6) is 0 Å². The Morgan fingerprint density at radius 3 is 2.58 bits per heavy atom. The number of carbonyl (C=O) groups excluding carboxylic acids is 1. The summed E-state index contributed by atoms with van der Waals surface area (Å²) < 4.78 is 0. The predicted octanol–water partition coefficient (Wildman–Crippen LogP) is 2.85. The van der Waals surface area contributed by atoms with Gasteiger partial charge in [-0.1, -0.05) is 42.1 Å². The van der Waals surface area contributed by atoms with E-state index in [1.165, 1.54) is 11.8 Å². The number of aromatic amines is 1. The Hall–Kier alpha value is -2.08. The van der Waals surface area contributed by atoms with Crippen LogP contribution >= 0.6 is 11.8 Å². The Bertz CT molecular complexity index is 802. The van der Waals surface area contributed by atoms with E-state index < -0.39 is 0 Å². The molecule has 1 aliphatic heterocycles. The molecule has 0 spiro atoms. The largest absolute Gasteiger partial charge is 0.339 e. The minimum absolute atomic E-state index is 0.125. The molecule has 1 aromatic heterocycles. The standard InChI is InChI=1S/C18H21N3O2S/c1-11(2)21-10-9-14(17(21)23)24-18-19-15(12(3)16(22)20-18)13-7-5-4-6-8-13/h4-8,11,14H,9-10H2,1-3H3,(H,19,20,22)/t14-/m1/s1. The third-order valence-electron chi connectivity index (χ3n) is 4.24. The van der Waals surface area contributed by atoms with Gasteiger partial charge in [0.2, 0.25) is 5.91 Å². The number of rotatable bonds is 4. The molecule has 1 atom stereocenters. The average molecular weight is 343 g/mol. The van der Waals surface area contributed by atoms with E-state index >= 15 is 0 Å². The van der Waals surface area contributed by atoms with Crippen molar-refractivity contribution in [2.45, 2.75) is 43.6 Å². The third kappa shape index (κ3) is 3.24. The van der Waals surface area contributed by atoms with Gasteiger partial charge in [0.1, 0.15) is 0 Å². The highest BCUT2D eigenvalue weighted by molar-refractivity contribution is 8.00. The number of carbonyl (C=O) groups is 1. The van der Waals surface area contributed by atoms with Crippen molar-refractivity contribution in [2.24, 2.45) is 0 Å². The molecule has 0 aliphatic carbocycles. The molecule has 0 saturated carbocycles. The van der Waals surface area contributed by atoms with Gasteiger partial charge in [0.15, 0.2) is 5.16 Å². The van der Waals surface area contributed by atoms with Gasteiger partial charge in [-0.2, -0.15) is 0 Å². The molecule has 126 valence electrons. The van der Waals surface area contributed by atoms with Crippen molar-refractivity contribution < 1.29 is 4.79 Å². The molecule has 0 unspecified atom stereocenters. The van der Waals surface area contributed by atoms with E-state index in [0.29, 0.717) is 16.4 Å². The predicted molar refractivity (Wildman–Crippen MR) is 96.1 cm³/mol. The lowest BCUT2D eigenvalue weighted by Crippen LogP contribution is -2.34. The van der Waals surface area contributed by atoms with E-state index in [9.17, 15) is 9.59 Å². The molecule has 3 rings (SSSR count). The van der Waals surface area contributed by atoms with Crippen LogP contribution in [-0.2, 0) is 4.79 Å². The summed E-state index contributed by atoms with van der Waals surface area (Å²) in [6.45, 7) is 6.56. The second-order valence-electron chi connectivity index (χ2n) is 6.23. The van der Waals surface area contributed by atoms with Crippen LogP contribution in [0.15, 0.2) is 40.3 Å². The van der Waals surface area contributed by atoms with Gasteiger partial charge in [-0.05, 0) is 27.2 Å². The first-order chi connectivity index (χ1) is 11.5. The number of thioether (sulfide) groups is 1. The summed E-state index contributed by atoms with van der Waals surface area (Å²) in [7, 11) is 0. The third-order valence-corrected chi connectivity index (χ3v) is 5.38. The van der Waals surface area contributed by atoms with Crippen LogP contribution in [0.3, 0.4) is 0 Å². The zero-order chi connectivity index (χ0) is 17.3. The highest BCUT2D eigenvalue weighted by Gasteiger charge is 2.34. The summed E-state index contributed by atoms with van der Waals surface area (Å²) in [6, 6.07) is 9.85. The quantitative estimate of drug-likeness (QED) is 0.867. The fraction of sp³-hybridized carbons (Fsp3) is 0.389. The number of H-pyrrole nitrogens is 1. The van der Waals surface area contributed by atoms with Crippen molar-refractivity contribution in [1.82, 2.24) is 14.9 Å². The summed E-state index contributed by atoms with van der Waals surface area (Å²) >= 11 is 1.35. The lowest BCUT2D eigenvalue weighted by molar-refractivity contribution is -0.128. The van der Waals surface area contributed by atoms with Gasteiger partial charge >= 0.3 is 0 Å². The van der Waals surface area contributed by atoms with Crippen LogP contribution in [0, 0.1) is 6.92 Å². The first-order valence-electron chi connectivity index (χ1n) is 8.11. The van der Waals surface area contributed by atoms with Gasteiger partial charge in [0.05, 0.1) is 10.9 Å². The van der Waals surface area contributed by atoms with Crippen molar-refractivity contribution in [2.75, 3.05) is 6.54 Å². The summed E-state index contributed by atoms with van der Waals surface area (Å²) in [4.78, 5) is 34.0. The fourth-order valence-corrected chi connectivity index (χ4v) is 3.90. The van der Waals surface area contributed by atoms with Crippen molar-refractivity contribution in [3.05, 3.63) is 46.2 Å². The summed E-state index contributed by atoms with van der Waals surface area (Å²) in [5.41, 5.74) is 2.02. The summed E-state index contributed by atoms with van der Waals surface area (Å²) in [5, 5.41) is 0.329. The number of nitrogens with zero attached hydrogens (tertiary/aromatic N) is 2. The molecule has 24 heavy (non-hydrogen) atoms. The number of amides is 1. The molecule has 1 aromatic carbocycles. The van der Waals surface area contributed by atoms with E-state index in [-0.39, 0.29) is 22.8 Å². The number of likely N-dealkylation sites (tertiary alicyclic amines) is 1. The molecule has 2 heterocycles. The SMILES string of the molecule is Cc1c(-c2ccccc2)nc(S[C@@H]2CCN(C(C)C)C2=O)[nH]c1=O. The van der Waals surface area contributed by atoms with Gasteiger partial charge < -0.3 is 9.88 Å². The summed E-state index contributed by atoms with van der Waals surface area (Å²) in [5.74, 6) is 0.125. The molecule has 1 fully saturated rings. The fourth-order valence-electron chi connectivity index (χ4n) is 2.88. The molecule has 1 aliphatic rings. The van der Waals surface area contributed by atoms with Gasteiger partial charge in [0.25, 0.3) is 5.56 Å². The minimum Gasteiger partial charge on any atom is -0.339 e. The molecule has 1 saturated heterocycles. The Kier molecular flexibility index (Phi) is 4.76. The van der Waals surface area contributed by atoms with E-state index in [1.807, 2.05) is 49.1 Å². The van der Waals surface area contributed by atoms with E-state index in [4.69, 9.17) is 0 Å². The Morgan fingerprint density at radius 2 is 1.96 bits per heavy atom. The van der Waals surface area contributed by atoms with Crippen molar-refractivity contribution in [3.63, 3.8) is 0 Å². The van der Waals surface area contributed by atoms with E-state index in [0.717, 1.165) is 18.5 Å². The lowest BCUT2D eigenvalue weighted by atomic mass is 10.1. The smallest absolute Gasteiger partial charge is 0.255 e. The Morgan fingerprint density at radius 1 is 1.25 bits per heavy atom. The molecular weight excluding hydrogens is 322 g/mol. The maximum atomic E-state index is 12.4. The van der Waals surface area contributed by atoms with Crippen LogP contribution in [0.25, 0.3) is 11.3 Å². The van der Waals surface area contributed by atoms with Gasteiger partial charge in [-0.25, -0.2) is 4.98 Å². The topological polar surface area (TPSA) is 66.1 Å². The summed E-state index contributed by atoms with van der Waals surface area (Å²) in [6.07, 6.45) is 0.778. The molecule has 1 amide bonds. The Balaban J connectivity index is 1.89. The zero-order valence-corrected chi connectivity index (χ0v) is 14.9. The number of hydrogen-bond donors (Lipinski definition) is 1. The number of aromatic nitrogens is 2. The monoisotopic (exact) mass is 343 g/mol.